The van der Waals surface area contributed by atoms with Gasteiger partial charge in [-0.2, -0.15) is 0 Å². The summed E-state index contributed by atoms with van der Waals surface area (Å²) in [5.74, 6) is -0.404. The molecule has 2 aliphatic carbocycles. The van der Waals surface area contributed by atoms with Crippen LogP contribution >= 0.6 is 0 Å². The lowest BCUT2D eigenvalue weighted by molar-refractivity contribution is -0.144. The number of hydrogen-bond acceptors (Lipinski definition) is 3. The Labute approximate surface area is 125 Å². The van der Waals surface area contributed by atoms with Gasteiger partial charge < -0.3 is 15.7 Å². The quantitative estimate of drug-likeness (QED) is 0.718. The monoisotopic (exact) mass is 294 g/mol. The van der Waals surface area contributed by atoms with Crippen LogP contribution in [0.2, 0.25) is 0 Å². The zero-order valence-corrected chi connectivity index (χ0v) is 12.5. The van der Waals surface area contributed by atoms with Crippen LogP contribution in [0.5, 0.6) is 0 Å². The Morgan fingerprint density at radius 3 is 2.67 bits per heavy atom. The fourth-order valence-electron chi connectivity index (χ4n) is 4.59. The van der Waals surface area contributed by atoms with E-state index in [1.807, 2.05) is 0 Å². The van der Waals surface area contributed by atoms with Crippen molar-refractivity contribution in [3.05, 3.63) is 0 Å². The van der Waals surface area contributed by atoms with Crippen LogP contribution in [0.4, 0.5) is 0 Å². The van der Waals surface area contributed by atoms with E-state index in [1.165, 1.54) is 12.8 Å². The summed E-state index contributed by atoms with van der Waals surface area (Å²) in [6.07, 6.45) is 8.07. The molecule has 5 heteroatoms. The van der Waals surface area contributed by atoms with Crippen molar-refractivity contribution >= 4 is 11.9 Å². The SMILES string of the molecule is O=C(CCC1CCCCN1)NC1C2CCC(C2)C1C(=O)O. The topological polar surface area (TPSA) is 78.4 Å². The summed E-state index contributed by atoms with van der Waals surface area (Å²) in [4.78, 5) is 23.6. The minimum Gasteiger partial charge on any atom is -0.481 e. The van der Waals surface area contributed by atoms with Crippen LogP contribution in [0.25, 0.3) is 0 Å². The number of nitrogens with one attached hydrogen (secondary N) is 2. The summed E-state index contributed by atoms with van der Waals surface area (Å²) in [5, 5.41) is 15.9. The number of hydrogen-bond donors (Lipinski definition) is 3. The number of amides is 1. The highest BCUT2D eigenvalue weighted by molar-refractivity contribution is 5.78. The molecule has 21 heavy (non-hydrogen) atoms. The highest BCUT2D eigenvalue weighted by Gasteiger charge is 2.51. The average molecular weight is 294 g/mol. The van der Waals surface area contributed by atoms with E-state index in [-0.39, 0.29) is 23.8 Å². The summed E-state index contributed by atoms with van der Waals surface area (Å²) < 4.78 is 0. The van der Waals surface area contributed by atoms with Gasteiger partial charge in [-0.05, 0) is 56.9 Å². The summed E-state index contributed by atoms with van der Waals surface area (Å²) in [6.45, 7) is 1.06. The Balaban J connectivity index is 1.48. The third kappa shape index (κ3) is 3.23. The molecule has 3 rings (SSSR count). The molecule has 0 aromatic heterocycles. The van der Waals surface area contributed by atoms with Crippen LogP contribution in [0.15, 0.2) is 0 Å². The van der Waals surface area contributed by atoms with Crippen LogP contribution < -0.4 is 10.6 Å². The van der Waals surface area contributed by atoms with Crippen molar-refractivity contribution < 1.29 is 14.7 Å². The van der Waals surface area contributed by atoms with Gasteiger partial charge in [-0.15, -0.1) is 0 Å². The molecule has 2 saturated carbocycles. The number of fused-ring (bicyclic) bond motifs is 2. The number of carbonyl (C=O) groups is 2. The largest absolute Gasteiger partial charge is 0.481 e. The van der Waals surface area contributed by atoms with Gasteiger partial charge in [-0.1, -0.05) is 6.42 Å². The smallest absolute Gasteiger partial charge is 0.308 e. The molecule has 2 bridgehead atoms. The van der Waals surface area contributed by atoms with Crippen molar-refractivity contribution in [1.82, 2.24) is 10.6 Å². The van der Waals surface area contributed by atoms with Gasteiger partial charge >= 0.3 is 5.97 Å². The molecule has 3 aliphatic rings. The standard InChI is InChI=1S/C16H26N2O3/c19-13(7-6-12-3-1-2-8-17-12)18-15-11-5-4-10(9-11)14(15)16(20)21/h10-12,14-15,17H,1-9H2,(H,18,19)(H,20,21). The average Bonchev–Trinajstić information content (AvgIpc) is 3.07. The molecule has 0 aromatic carbocycles. The van der Waals surface area contributed by atoms with Gasteiger partial charge in [0, 0.05) is 18.5 Å². The van der Waals surface area contributed by atoms with Crippen molar-refractivity contribution in [2.75, 3.05) is 6.54 Å². The van der Waals surface area contributed by atoms with Crippen molar-refractivity contribution in [2.24, 2.45) is 17.8 Å². The molecule has 3 fully saturated rings. The van der Waals surface area contributed by atoms with E-state index >= 15 is 0 Å². The Bertz CT molecular complexity index is 406. The lowest BCUT2D eigenvalue weighted by Gasteiger charge is -2.29. The number of carbonyl (C=O) groups excluding carboxylic acids is 1. The second kappa shape index (κ2) is 6.34. The molecule has 0 aromatic rings. The lowest BCUT2D eigenvalue weighted by atomic mass is 9.84. The van der Waals surface area contributed by atoms with E-state index < -0.39 is 5.97 Å². The van der Waals surface area contributed by atoms with E-state index in [0.29, 0.717) is 18.4 Å². The molecule has 1 amide bonds. The minimum atomic E-state index is -0.735. The second-order valence-corrected chi connectivity index (χ2v) is 6.98. The van der Waals surface area contributed by atoms with Crippen LogP contribution in [-0.2, 0) is 9.59 Å². The molecule has 1 saturated heterocycles. The second-order valence-electron chi connectivity index (χ2n) is 6.98. The molecule has 0 spiro atoms. The molecule has 0 radical (unpaired) electrons. The van der Waals surface area contributed by atoms with E-state index in [0.717, 1.165) is 38.6 Å². The molecular weight excluding hydrogens is 268 g/mol. The molecule has 1 heterocycles. The summed E-state index contributed by atoms with van der Waals surface area (Å²) >= 11 is 0. The van der Waals surface area contributed by atoms with Gasteiger partial charge in [0.15, 0.2) is 0 Å². The van der Waals surface area contributed by atoms with Crippen LogP contribution in [-0.4, -0.2) is 35.6 Å². The summed E-state index contributed by atoms with van der Waals surface area (Å²) in [5.41, 5.74) is 0. The molecule has 1 aliphatic heterocycles. The molecular formula is C16H26N2O3. The molecule has 5 unspecified atom stereocenters. The minimum absolute atomic E-state index is 0.0335. The van der Waals surface area contributed by atoms with Gasteiger partial charge in [-0.3, -0.25) is 9.59 Å². The maximum atomic E-state index is 12.2. The Hall–Kier alpha value is -1.10. The van der Waals surface area contributed by atoms with E-state index in [4.69, 9.17) is 0 Å². The normalized spacial score (nSPS) is 38.4. The van der Waals surface area contributed by atoms with Crippen molar-refractivity contribution in [1.29, 1.82) is 0 Å². The molecule has 3 N–H and O–H groups in total. The lowest BCUT2D eigenvalue weighted by Crippen LogP contribution is -2.47. The number of carboxylic acids is 1. The van der Waals surface area contributed by atoms with Crippen molar-refractivity contribution in [2.45, 2.75) is 63.5 Å². The fourth-order valence-corrected chi connectivity index (χ4v) is 4.59. The zero-order valence-electron chi connectivity index (χ0n) is 12.5. The van der Waals surface area contributed by atoms with Crippen molar-refractivity contribution in [3.63, 3.8) is 0 Å². The van der Waals surface area contributed by atoms with Gasteiger partial charge in [0.25, 0.3) is 0 Å². The first-order chi connectivity index (χ1) is 10.1. The van der Waals surface area contributed by atoms with Gasteiger partial charge in [0.05, 0.1) is 5.92 Å². The Morgan fingerprint density at radius 1 is 1.14 bits per heavy atom. The Morgan fingerprint density at radius 2 is 1.95 bits per heavy atom. The number of carboxylic acid groups (broad SMARTS) is 1. The Kier molecular flexibility index (Phi) is 4.48. The number of rotatable bonds is 5. The van der Waals surface area contributed by atoms with Crippen molar-refractivity contribution in [3.8, 4) is 0 Å². The maximum absolute atomic E-state index is 12.2. The fraction of sp³-hybridized carbons (Fsp3) is 0.875. The highest BCUT2D eigenvalue weighted by atomic mass is 16.4. The van der Waals surface area contributed by atoms with E-state index in [9.17, 15) is 14.7 Å². The number of piperidine rings is 1. The zero-order chi connectivity index (χ0) is 14.8. The maximum Gasteiger partial charge on any atom is 0.308 e. The van der Waals surface area contributed by atoms with Crippen LogP contribution in [0, 0.1) is 17.8 Å². The summed E-state index contributed by atoms with van der Waals surface area (Å²) in [7, 11) is 0. The first-order valence-corrected chi connectivity index (χ1v) is 8.40. The summed E-state index contributed by atoms with van der Waals surface area (Å²) in [6, 6.07) is 0.327. The van der Waals surface area contributed by atoms with E-state index in [1.54, 1.807) is 0 Å². The third-order valence-electron chi connectivity index (χ3n) is 5.66. The predicted molar refractivity (Wildman–Crippen MR) is 78.8 cm³/mol. The van der Waals surface area contributed by atoms with Gasteiger partial charge in [0.1, 0.15) is 0 Å². The molecule has 5 atom stereocenters. The van der Waals surface area contributed by atoms with Gasteiger partial charge in [0.2, 0.25) is 5.91 Å². The van der Waals surface area contributed by atoms with E-state index in [2.05, 4.69) is 10.6 Å². The molecule has 5 nitrogen and oxygen atoms in total. The molecule has 118 valence electrons. The van der Waals surface area contributed by atoms with Crippen LogP contribution in [0.1, 0.15) is 51.4 Å². The van der Waals surface area contributed by atoms with Gasteiger partial charge in [-0.25, -0.2) is 0 Å². The first-order valence-electron chi connectivity index (χ1n) is 8.40. The van der Waals surface area contributed by atoms with Crippen LogP contribution in [0.3, 0.4) is 0 Å². The highest BCUT2D eigenvalue weighted by Crippen LogP contribution is 2.48. The third-order valence-corrected chi connectivity index (χ3v) is 5.66. The first kappa shape index (κ1) is 14.8. The number of aliphatic carboxylic acids is 1. The predicted octanol–water partition coefficient (Wildman–Crippen LogP) is 1.52.